The number of carbonyl (C=O) groups excluding carboxylic acids is 2. The summed E-state index contributed by atoms with van der Waals surface area (Å²) >= 11 is 0. The van der Waals surface area contributed by atoms with Crippen molar-refractivity contribution >= 4 is 11.8 Å². The summed E-state index contributed by atoms with van der Waals surface area (Å²) in [6, 6.07) is 3.12. The van der Waals surface area contributed by atoms with Crippen molar-refractivity contribution < 1.29 is 29.0 Å². The van der Waals surface area contributed by atoms with Crippen LogP contribution in [0, 0.1) is 0 Å². The van der Waals surface area contributed by atoms with Crippen LogP contribution in [0.15, 0.2) is 22.8 Å². The van der Waals surface area contributed by atoms with E-state index in [2.05, 4.69) is 5.32 Å². The van der Waals surface area contributed by atoms with Crippen LogP contribution in [0.2, 0.25) is 0 Å². The fraction of sp³-hybridized carbons (Fsp3) is 0.625. The lowest BCUT2D eigenvalue weighted by Gasteiger charge is -2.19. The summed E-state index contributed by atoms with van der Waals surface area (Å²) in [5.74, 6) is -0.352. The van der Waals surface area contributed by atoms with E-state index in [1.807, 2.05) is 0 Å². The van der Waals surface area contributed by atoms with Gasteiger partial charge in [-0.3, -0.25) is 9.59 Å². The van der Waals surface area contributed by atoms with Gasteiger partial charge < -0.3 is 29.6 Å². The summed E-state index contributed by atoms with van der Waals surface area (Å²) in [5, 5.41) is 22.7. The first-order chi connectivity index (χ1) is 11.6. The second kappa shape index (κ2) is 7.33. The van der Waals surface area contributed by atoms with E-state index in [-0.39, 0.29) is 24.6 Å². The van der Waals surface area contributed by atoms with Crippen molar-refractivity contribution in [3.8, 4) is 0 Å². The highest BCUT2D eigenvalue weighted by molar-refractivity contribution is 5.91. The van der Waals surface area contributed by atoms with E-state index < -0.39 is 30.3 Å². The molecule has 8 heteroatoms. The Labute approximate surface area is 139 Å². The fourth-order valence-electron chi connectivity index (χ4n) is 3.12. The van der Waals surface area contributed by atoms with Gasteiger partial charge in [0, 0.05) is 19.6 Å². The van der Waals surface area contributed by atoms with E-state index in [4.69, 9.17) is 9.15 Å². The van der Waals surface area contributed by atoms with Gasteiger partial charge in [0.15, 0.2) is 5.76 Å². The lowest BCUT2D eigenvalue weighted by atomic mass is 10.1. The molecule has 0 bridgehead atoms. The van der Waals surface area contributed by atoms with Crippen LogP contribution in [0.25, 0.3) is 0 Å². The van der Waals surface area contributed by atoms with Crippen LogP contribution in [-0.4, -0.2) is 71.0 Å². The minimum Gasteiger partial charge on any atom is -0.459 e. The number of likely N-dealkylation sites (tertiary alicyclic amines) is 1. The molecule has 2 saturated heterocycles. The quantitative estimate of drug-likeness (QED) is 0.668. The third-order valence-corrected chi connectivity index (χ3v) is 4.50. The minimum absolute atomic E-state index is 0.0200. The molecule has 3 heterocycles. The molecule has 0 spiro atoms. The smallest absolute Gasteiger partial charge is 0.287 e. The van der Waals surface area contributed by atoms with Crippen molar-refractivity contribution in [2.75, 3.05) is 19.6 Å². The van der Waals surface area contributed by atoms with Gasteiger partial charge >= 0.3 is 0 Å². The Morgan fingerprint density at radius 3 is 2.58 bits per heavy atom. The second-order valence-electron chi connectivity index (χ2n) is 6.17. The van der Waals surface area contributed by atoms with Crippen LogP contribution in [0.3, 0.4) is 0 Å². The molecular weight excluding hydrogens is 316 g/mol. The number of furan rings is 1. The molecule has 0 radical (unpaired) electrons. The summed E-state index contributed by atoms with van der Waals surface area (Å²) in [4.78, 5) is 25.7. The van der Waals surface area contributed by atoms with Crippen molar-refractivity contribution in [3.05, 3.63) is 24.2 Å². The average molecular weight is 338 g/mol. The Morgan fingerprint density at radius 2 is 1.92 bits per heavy atom. The molecule has 4 atom stereocenters. The first-order valence-electron chi connectivity index (χ1n) is 8.17. The summed E-state index contributed by atoms with van der Waals surface area (Å²) in [5.41, 5.74) is 0. The topological polar surface area (TPSA) is 112 Å². The van der Waals surface area contributed by atoms with Crippen molar-refractivity contribution in [2.24, 2.45) is 0 Å². The van der Waals surface area contributed by atoms with E-state index in [9.17, 15) is 19.8 Å². The molecule has 3 rings (SSSR count). The Bertz CT molecular complexity index is 569. The lowest BCUT2D eigenvalue weighted by Crippen LogP contribution is -2.40. The number of nitrogens with one attached hydrogen (secondary N) is 1. The third-order valence-electron chi connectivity index (χ3n) is 4.50. The Balaban J connectivity index is 1.50. The normalized spacial score (nSPS) is 29.8. The Morgan fingerprint density at radius 1 is 1.21 bits per heavy atom. The SMILES string of the molecule is O=C(NC[C@@H]1O[C@@H](CC(=O)N2CCCC2)[C@H](O)[C@@H]1O)c1ccco1. The van der Waals surface area contributed by atoms with Crippen LogP contribution in [0.4, 0.5) is 0 Å². The van der Waals surface area contributed by atoms with E-state index in [0.29, 0.717) is 0 Å². The van der Waals surface area contributed by atoms with Crippen molar-refractivity contribution in [2.45, 2.75) is 43.7 Å². The highest BCUT2D eigenvalue weighted by atomic mass is 16.5. The molecule has 0 saturated carbocycles. The zero-order valence-electron chi connectivity index (χ0n) is 13.3. The molecule has 132 valence electrons. The average Bonchev–Trinajstić information content (AvgIpc) is 3.31. The molecule has 3 N–H and O–H groups in total. The largest absolute Gasteiger partial charge is 0.459 e. The maximum Gasteiger partial charge on any atom is 0.287 e. The van der Waals surface area contributed by atoms with Crippen molar-refractivity contribution in [1.29, 1.82) is 0 Å². The highest BCUT2D eigenvalue weighted by Gasteiger charge is 2.44. The molecule has 2 fully saturated rings. The number of nitrogens with zero attached hydrogens (tertiary/aromatic N) is 1. The molecule has 1 aromatic heterocycles. The van der Waals surface area contributed by atoms with Gasteiger partial charge in [0.2, 0.25) is 5.91 Å². The zero-order valence-corrected chi connectivity index (χ0v) is 13.3. The number of hydrogen-bond donors (Lipinski definition) is 3. The number of aliphatic hydroxyl groups is 2. The molecule has 2 aliphatic heterocycles. The van der Waals surface area contributed by atoms with Crippen LogP contribution in [0.1, 0.15) is 29.8 Å². The van der Waals surface area contributed by atoms with Gasteiger partial charge in [-0.1, -0.05) is 0 Å². The maximum absolute atomic E-state index is 12.2. The molecule has 0 aromatic carbocycles. The first-order valence-corrected chi connectivity index (χ1v) is 8.17. The van der Waals surface area contributed by atoms with Gasteiger partial charge in [-0.25, -0.2) is 0 Å². The number of aliphatic hydroxyl groups excluding tert-OH is 2. The third kappa shape index (κ3) is 3.61. The lowest BCUT2D eigenvalue weighted by molar-refractivity contribution is -0.134. The van der Waals surface area contributed by atoms with Gasteiger partial charge in [0.05, 0.1) is 18.8 Å². The van der Waals surface area contributed by atoms with E-state index in [1.54, 1.807) is 11.0 Å². The van der Waals surface area contributed by atoms with Crippen molar-refractivity contribution in [3.63, 3.8) is 0 Å². The maximum atomic E-state index is 12.2. The van der Waals surface area contributed by atoms with Crippen LogP contribution < -0.4 is 5.32 Å². The standard InChI is InChI=1S/C16H22N2O6/c19-13(18-5-1-2-6-18)8-11-14(20)15(21)12(24-11)9-17-16(22)10-4-3-7-23-10/h3-4,7,11-12,14-15,20-21H,1-2,5-6,8-9H2,(H,17,22)/t11-,12-,14-,15+/m0/s1. The number of rotatable bonds is 5. The second-order valence-corrected chi connectivity index (χ2v) is 6.17. The predicted octanol–water partition coefficient (Wildman–Crippen LogP) is -0.489. The van der Waals surface area contributed by atoms with Crippen LogP contribution in [-0.2, 0) is 9.53 Å². The van der Waals surface area contributed by atoms with Crippen molar-refractivity contribution in [1.82, 2.24) is 10.2 Å². The van der Waals surface area contributed by atoms with Crippen LogP contribution >= 0.6 is 0 Å². The molecule has 2 amide bonds. The van der Waals surface area contributed by atoms with E-state index in [0.717, 1.165) is 25.9 Å². The monoisotopic (exact) mass is 338 g/mol. The van der Waals surface area contributed by atoms with Gasteiger partial charge in [-0.15, -0.1) is 0 Å². The Hall–Kier alpha value is -1.90. The van der Waals surface area contributed by atoms with Gasteiger partial charge in [0.25, 0.3) is 5.91 Å². The molecular formula is C16H22N2O6. The van der Waals surface area contributed by atoms with Gasteiger partial charge in [-0.05, 0) is 25.0 Å². The first kappa shape index (κ1) is 16.9. The number of hydrogen-bond acceptors (Lipinski definition) is 6. The van der Waals surface area contributed by atoms with E-state index >= 15 is 0 Å². The molecule has 2 aliphatic rings. The molecule has 0 aliphatic carbocycles. The predicted molar refractivity (Wildman–Crippen MR) is 82.1 cm³/mol. The molecule has 0 unspecified atom stereocenters. The van der Waals surface area contributed by atoms with Gasteiger partial charge in [-0.2, -0.15) is 0 Å². The molecule has 1 aromatic rings. The van der Waals surface area contributed by atoms with Gasteiger partial charge in [0.1, 0.15) is 18.3 Å². The summed E-state index contributed by atoms with van der Waals surface area (Å²) in [7, 11) is 0. The molecule has 24 heavy (non-hydrogen) atoms. The van der Waals surface area contributed by atoms with Crippen LogP contribution in [0.5, 0.6) is 0 Å². The summed E-state index contributed by atoms with van der Waals surface area (Å²) < 4.78 is 10.6. The number of amides is 2. The zero-order chi connectivity index (χ0) is 17.1. The molecule has 8 nitrogen and oxygen atoms in total. The summed E-state index contributed by atoms with van der Waals surface area (Å²) in [6.07, 6.45) is -0.442. The number of ether oxygens (including phenoxy) is 1. The summed E-state index contributed by atoms with van der Waals surface area (Å²) in [6.45, 7) is 1.48. The fourth-order valence-corrected chi connectivity index (χ4v) is 3.12. The number of carbonyl (C=O) groups is 2. The Kier molecular flexibility index (Phi) is 5.17. The minimum atomic E-state index is -1.15. The highest BCUT2D eigenvalue weighted by Crippen LogP contribution is 2.24. The van der Waals surface area contributed by atoms with E-state index in [1.165, 1.54) is 12.3 Å².